The molecule has 2 aromatic heterocycles. The normalized spacial score (nSPS) is 15.0. The number of likely N-dealkylation sites (tertiary alicyclic amines) is 1. The number of fused-ring (bicyclic) bond motifs is 1. The van der Waals surface area contributed by atoms with Gasteiger partial charge in [0, 0.05) is 29.5 Å². The molecule has 0 radical (unpaired) electrons. The van der Waals surface area contributed by atoms with E-state index in [0.29, 0.717) is 18.2 Å². The molecule has 4 aromatic rings. The van der Waals surface area contributed by atoms with Crippen LogP contribution < -0.4 is 4.74 Å². The van der Waals surface area contributed by atoms with Gasteiger partial charge >= 0.3 is 5.97 Å². The molecular formula is C28H29FN2O3S. The van der Waals surface area contributed by atoms with Crippen LogP contribution in [0, 0.1) is 5.82 Å². The summed E-state index contributed by atoms with van der Waals surface area (Å²) in [7, 11) is 1.49. The van der Waals surface area contributed by atoms with Gasteiger partial charge in [0.2, 0.25) is 0 Å². The molecule has 1 N–H and O–H groups in total. The van der Waals surface area contributed by atoms with Gasteiger partial charge in [0.15, 0.2) is 0 Å². The quantitative estimate of drug-likeness (QED) is 0.320. The lowest BCUT2D eigenvalue weighted by atomic mass is 9.89. The molecule has 0 saturated carbocycles. The molecule has 0 bridgehead atoms. The van der Waals surface area contributed by atoms with Crippen molar-refractivity contribution in [3.05, 3.63) is 87.5 Å². The fourth-order valence-corrected chi connectivity index (χ4v) is 5.87. The van der Waals surface area contributed by atoms with E-state index < -0.39 is 5.97 Å². The Morgan fingerprint density at radius 2 is 2.00 bits per heavy atom. The van der Waals surface area contributed by atoms with Gasteiger partial charge < -0.3 is 14.4 Å². The van der Waals surface area contributed by atoms with Gasteiger partial charge in [0.05, 0.1) is 12.6 Å². The van der Waals surface area contributed by atoms with E-state index in [4.69, 9.17) is 4.74 Å². The van der Waals surface area contributed by atoms with Gasteiger partial charge in [-0.3, -0.25) is 4.90 Å². The van der Waals surface area contributed by atoms with E-state index in [1.165, 1.54) is 17.6 Å². The second-order valence-electron chi connectivity index (χ2n) is 9.16. The van der Waals surface area contributed by atoms with E-state index in [1.54, 1.807) is 35.6 Å². The molecule has 0 spiro atoms. The zero-order valence-electron chi connectivity index (χ0n) is 19.7. The van der Waals surface area contributed by atoms with Crippen molar-refractivity contribution in [2.24, 2.45) is 0 Å². The number of rotatable bonds is 8. The van der Waals surface area contributed by atoms with Gasteiger partial charge in [-0.05, 0) is 91.2 Å². The number of halogens is 1. The third-order valence-corrected chi connectivity index (χ3v) is 7.92. The van der Waals surface area contributed by atoms with Crippen molar-refractivity contribution in [1.29, 1.82) is 0 Å². The Labute approximate surface area is 208 Å². The van der Waals surface area contributed by atoms with Crippen LogP contribution in [0.1, 0.15) is 45.1 Å². The first kappa shape index (κ1) is 23.6. The lowest BCUT2D eigenvalue weighted by Gasteiger charge is -2.32. The molecular weight excluding hydrogens is 463 g/mol. The second kappa shape index (κ2) is 10.2. The Morgan fingerprint density at radius 3 is 2.71 bits per heavy atom. The van der Waals surface area contributed by atoms with Crippen molar-refractivity contribution in [2.75, 3.05) is 20.2 Å². The van der Waals surface area contributed by atoms with Gasteiger partial charge in [-0.2, -0.15) is 0 Å². The van der Waals surface area contributed by atoms with Gasteiger partial charge in [-0.25, -0.2) is 9.18 Å². The monoisotopic (exact) mass is 492 g/mol. The molecule has 0 unspecified atom stereocenters. The second-order valence-corrected chi connectivity index (χ2v) is 10.2. The Hall–Kier alpha value is -3.16. The van der Waals surface area contributed by atoms with Crippen LogP contribution in [0.5, 0.6) is 5.75 Å². The SMILES string of the molecule is COc1ccc(CN2CCC(c3cn(CCc4cccs4)c4cc(F)ccc34)CC2)cc1C(=O)O. The van der Waals surface area contributed by atoms with E-state index in [-0.39, 0.29) is 11.4 Å². The summed E-state index contributed by atoms with van der Waals surface area (Å²) in [5.41, 5.74) is 3.45. The number of hydrogen-bond acceptors (Lipinski definition) is 4. The number of thiophene rings is 1. The van der Waals surface area contributed by atoms with Gasteiger partial charge in [0.25, 0.3) is 0 Å². The van der Waals surface area contributed by atoms with Crippen molar-refractivity contribution in [2.45, 2.75) is 38.3 Å². The highest BCUT2D eigenvalue weighted by atomic mass is 32.1. The molecule has 1 saturated heterocycles. The molecule has 2 aromatic carbocycles. The molecule has 182 valence electrons. The average Bonchev–Trinajstić information content (AvgIpc) is 3.51. The van der Waals surface area contributed by atoms with E-state index in [0.717, 1.165) is 55.4 Å². The molecule has 0 aliphatic carbocycles. The Balaban J connectivity index is 1.29. The Kier molecular flexibility index (Phi) is 6.88. The van der Waals surface area contributed by atoms with Gasteiger partial charge in [-0.15, -0.1) is 11.3 Å². The lowest BCUT2D eigenvalue weighted by molar-refractivity contribution is 0.0693. The molecule has 1 aliphatic rings. The van der Waals surface area contributed by atoms with Crippen LogP contribution in [-0.2, 0) is 19.5 Å². The predicted octanol–water partition coefficient (Wildman–Crippen LogP) is 6.17. The van der Waals surface area contributed by atoms with Crippen molar-refractivity contribution < 1.29 is 19.0 Å². The molecule has 0 atom stereocenters. The number of methoxy groups -OCH3 is 1. The first-order valence-electron chi connectivity index (χ1n) is 11.9. The fraction of sp³-hybridized carbons (Fsp3) is 0.321. The first-order valence-corrected chi connectivity index (χ1v) is 12.8. The lowest BCUT2D eigenvalue weighted by Crippen LogP contribution is -2.32. The summed E-state index contributed by atoms with van der Waals surface area (Å²) in [6.07, 6.45) is 5.21. The zero-order valence-corrected chi connectivity index (χ0v) is 20.6. The average molecular weight is 493 g/mol. The minimum absolute atomic E-state index is 0.197. The summed E-state index contributed by atoms with van der Waals surface area (Å²) in [6, 6.07) is 14.8. The summed E-state index contributed by atoms with van der Waals surface area (Å²) < 4.78 is 21.5. The minimum Gasteiger partial charge on any atom is -0.496 e. The molecule has 3 heterocycles. The molecule has 0 amide bonds. The molecule has 1 fully saturated rings. The molecule has 7 heteroatoms. The maximum Gasteiger partial charge on any atom is 0.339 e. The minimum atomic E-state index is -0.977. The summed E-state index contributed by atoms with van der Waals surface area (Å²) >= 11 is 1.76. The van der Waals surface area contributed by atoms with Crippen LogP contribution in [0.3, 0.4) is 0 Å². The highest BCUT2D eigenvalue weighted by Gasteiger charge is 2.24. The smallest absolute Gasteiger partial charge is 0.339 e. The van der Waals surface area contributed by atoms with E-state index in [2.05, 4.69) is 33.2 Å². The van der Waals surface area contributed by atoms with Crippen LogP contribution in [0.25, 0.3) is 10.9 Å². The number of hydrogen-bond donors (Lipinski definition) is 1. The van der Waals surface area contributed by atoms with Crippen molar-refractivity contribution in [1.82, 2.24) is 9.47 Å². The predicted molar refractivity (Wildman–Crippen MR) is 137 cm³/mol. The number of ether oxygens (including phenoxy) is 1. The Morgan fingerprint density at radius 1 is 1.17 bits per heavy atom. The van der Waals surface area contributed by atoms with Gasteiger partial charge in [0.1, 0.15) is 17.1 Å². The standard InChI is InChI=1S/C28H29FN2O3S/c1-34-27-7-4-19(15-24(27)28(32)33)17-30-11-8-20(9-12-30)25-18-31(13-10-22-3-2-14-35-22)26-16-21(29)5-6-23(25)26/h2-7,14-16,18,20H,8-13,17H2,1H3,(H,32,33). The third kappa shape index (κ3) is 5.11. The number of nitrogens with zero attached hydrogens (tertiary/aromatic N) is 2. The summed E-state index contributed by atoms with van der Waals surface area (Å²) in [4.78, 5) is 15.3. The number of carboxylic acid groups (broad SMARTS) is 1. The largest absolute Gasteiger partial charge is 0.496 e. The van der Waals surface area contributed by atoms with Crippen LogP contribution in [0.4, 0.5) is 4.39 Å². The number of benzene rings is 2. The van der Waals surface area contributed by atoms with E-state index >= 15 is 0 Å². The topological polar surface area (TPSA) is 54.7 Å². The first-order chi connectivity index (χ1) is 17.0. The molecule has 1 aliphatic heterocycles. The molecule has 5 rings (SSSR count). The number of carbonyl (C=O) groups is 1. The van der Waals surface area contributed by atoms with Crippen LogP contribution in [0.2, 0.25) is 0 Å². The highest BCUT2D eigenvalue weighted by Crippen LogP contribution is 2.35. The maximum absolute atomic E-state index is 14.1. The highest BCUT2D eigenvalue weighted by molar-refractivity contribution is 7.09. The summed E-state index contributed by atoms with van der Waals surface area (Å²) in [5.74, 6) is -0.372. The number of piperidine rings is 1. The summed E-state index contributed by atoms with van der Waals surface area (Å²) in [5, 5.41) is 12.7. The van der Waals surface area contributed by atoms with Crippen LogP contribution in [-0.4, -0.2) is 40.7 Å². The van der Waals surface area contributed by atoms with Gasteiger partial charge in [-0.1, -0.05) is 12.1 Å². The number of carboxylic acids is 1. The molecule has 35 heavy (non-hydrogen) atoms. The third-order valence-electron chi connectivity index (χ3n) is 6.98. The number of aromatic carboxylic acids is 1. The maximum atomic E-state index is 14.1. The number of aromatic nitrogens is 1. The van der Waals surface area contributed by atoms with E-state index in [1.807, 2.05) is 12.1 Å². The summed E-state index contributed by atoms with van der Waals surface area (Å²) in [6.45, 7) is 3.41. The fourth-order valence-electron chi connectivity index (χ4n) is 5.17. The van der Waals surface area contributed by atoms with Crippen molar-refractivity contribution in [3.8, 4) is 5.75 Å². The molecule has 5 nitrogen and oxygen atoms in total. The van der Waals surface area contributed by atoms with E-state index in [9.17, 15) is 14.3 Å². The van der Waals surface area contributed by atoms with Crippen molar-refractivity contribution >= 4 is 28.2 Å². The van der Waals surface area contributed by atoms with Crippen LogP contribution in [0.15, 0.2) is 60.1 Å². The number of aryl methyl sites for hydroxylation is 2. The zero-order chi connectivity index (χ0) is 24.4. The van der Waals surface area contributed by atoms with Crippen molar-refractivity contribution in [3.63, 3.8) is 0 Å². The van der Waals surface area contributed by atoms with Crippen LogP contribution >= 0.6 is 11.3 Å². The Bertz CT molecular complexity index is 1320.